The van der Waals surface area contributed by atoms with Crippen LogP contribution < -0.4 is 16.0 Å². The van der Waals surface area contributed by atoms with E-state index in [1.807, 2.05) is 36.4 Å². The summed E-state index contributed by atoms with van der Waals surface area (Å²) in [4.78, 5) is 26.5. The summed E-state index contributed by atoms with van der Waals surface area (Å²) in [5.41, 5.74) is 10.9. The molecule has 0 bridgehead atoms. The van der Waals surface area contributed by atoms with Gasteiger partial charge in [0.05, 0.1) is 22.3 Å². The standard InChI is InChI=1S/C32H29F3N6O2/c1-18-11-20(13-21(33)12-18)23-16-37-30(36)28(31-39-26-14-24(34)25(35)15-27(26)40-31)29(23)41-9-7-22(8-10-41)38-32(42)43-17-19-5-3-2-4-6-19/h2-6,11-16,22H,7-10,17H2,1H3,(H2,36,37)(H,38,42)(H,39,40). The second-order valence-corrected chi connectivity index (χ2v) is 10.6. The normalized spacial score (nSPS) is 13.8. The number of nitrogens with zero attached hydrogens (tertiary/aromatic N) is 3. The van der Waals surface area contributed by atoms with Crippen LogP contribution in [-0.2, 0) is 11.3 Å². The van der Waals surface area contributed by atoms with Crippen molar-refractivity contribution >= 4 is 28.6 Å². The second-order valence-electron chi connectivity index (χ2n) is 10.6. The van der Waals surface area contributed by atoms with Crippen molar-refractivity contribution in [3.63, 3.8) is 0 Å². The zero-order valence-corrected chi connectivity index (χ0v) is 23.3. The number of hydrogen-bond donors (Lipinski definition) is 3. The van der Waals surface area contributed by atoms with E-state index in [1.54, 1.807) is 13.1 Å². The van der Waals surface area contributed by atoms with Crippen LogP contribution in [0.15, 0.2) is 66.9 Å². The van der Waals surface area contributed by atoms with Crippen LogP contribution in [0.2, 0.25) is 0 Å². The number of nitrogen functional groups attached to an aromatic ring is 1. The Labute approximate surface area is 245 Å². The number of fused-ring (bicyclic) bond motifs is 1. The molecule has 220 valence electrons. The molecule has 1 aliphatic rings. The molecule has 4 N–H and O–H groups in total. The number of H-pyrrole nitrogens is 1. The predicted molar refractivity (Wildman–Crippen MR) is 159 cm³/mol. The fourth-order valence-electron chi connectivity index (χ4n) is 5.48. The van der Waals surface area contributed by atoms with Gasteiger partial charge in [-0.15, -0.1) is 0 Å². The van der Waals surface area contributed by atoms with Crippen LogP contribution in [-0.4, -0.2) is 40.2 Å². The van der Waals surface area contributed by atoms with Crippen LogP contribution >= 0.6 is 0 Å². The Bertz CT molecular complexity index is 1740. The number of carbonyl (C=O) groups is 1. The lowest BCUT2D eigenvalue weighted by Crippen LogP contribution is -2.45. The first kappa shape index (κ1) is 28.1. The van der Waals surface area contributed by atoms with E-state index in [9.17, 15) is 18.0 Å². The number of benzene rings is 3. The third-order valence-electron chi connectivity index (χ3n) is 7.54. The van der Waals surface area contributed by atoms with Gasteiger partial charge in [-0.25, -0.2) is 27.9 Å². The number of nitrogens with two attached hydrogens (primary N) is 1. The van der Waals surface area contributed by atoms with Gasteiger partial charge in [0, 0.05) is 43.0 Å². The van der Waals surface area contributed by atoms with Crippen LogP contribution in [0.1, 0.15) is 24.0 Å². The van der Waals surface area contributed by atoms with Gasteiger partial charge in [-0.3, -0.25) is 0 Å². The van der Waals surface area contributed by atoms with Crippen molar-refractivity contribution < 1.29 is 22.7 Å². The number of anilines is 2. The molecule has 8 nitrogen and oxygen atoms in total. The summed E-state index contributed by atoms with van der Waals surface area (Å²) < 4.78 is 47.9. The minimum Gasteiger partial charge on any atom is -0.445 e. The minimum atomic E-state index is -1.02. The van der Waals surface area contributed by atoms with Gasteiger partial charge in [-0.05, 0) is 48.6 Å². The molecular formula is C32H29F3N6O2. The molecule has 0 aliphatic carbocycles. The number of rotatable bonds is 6. The molecule has 6 rings (SSSR count). The van der Waals surface area contributed by atoms with Crippen molar-refractivity contribution in [2.45, 2.75) is 32.4 Å². The van der Waals surface area contributed by atoms with E-state index in [2.05, 4.69) is 25.2 Å². The third kappa shape index (κ3) is 5.97. The molecule has 11 heteroatoms. The number of alkyl carbamates (subject to hydrolysis) is 1. The number of ether oxygens (including phenoxy) is 1. The lowest BCUT2D eigenvalue weighted by Gasteiger charge is -2.36. The van der Waals surface area contributed by atoms with E-state index in [0.29, 0.717) is 53.8 Å². The number of hydrogen-bond acceptors (Lipinski definition) is 6. The Morgan fingerprint density at radius 2 is 1.81 bits per heavy atom. The molecule has 0 spiro atoms. The first-order valence-electron chi connectivity index (χ1n) is 13.9. The average Bonchev–Trinajstić information content (AvgIpc) is 3.38. The number of nitrogens with one attached hydrogen (secondary N) is 2. The van der Waals surface area contributed by atoms with Gasteiger partial charge in [0.1, 0.15) is 24.1 Å². The number of aryl methyl sites for hydroxylation is 1. The summed E-state index contributed by atoms with van der Waals surface area (Å²) in [5.74, 6) is -1.99. The van der Waals surface area contributed by atoms with Gasteiger partial charge in [0.15, 0.2) is 11.6 Å². The largest absolute Gasteiger partial charge is 0.445 e. The van der Waals surface area contributed by atoms with E-state index in [0.717, 1.165) is 23.3 Å². The van der Waals surface area contributed by atoms with Crippen molar-refractivity contribution in [2.75, 3.05) is 23.7 Å². The second kappa shape index (κ2) is 11.7. The molecule has 43 heavy (non-hydrogen) atoms. The fourth-order valence-corrected chi connectivity index (χ4v) is 5.48. The molecule has 0 atom stereocenters. The summed E-state index contributed by atoms with van der Waals surface area (Å²) in [6.07, 6.45) is 2.30. The molecule has 1 amide bonds. The van der Waals surface area contributed by atoms with Gasteiger partial charge < -0.3 is 25.7 Å². The molecule has 5 aromatic rings. The van der Waals surface area contributed by atoms with Gasteiger partial charge in [-0.2, -0.15) is 0 Å². The monoisotopic (exact) mass is 586 g/mol. The van der Waals surface area contributed by atoms with Crippen molar-refractivity contribution in [3.05, 3.63) is 95.4 Å². The smallest absolute Gasteiger partial charge is 0.407 e. The highest BCUT2D eigenvalue weighted by Gasteiger charge is 2.28. The highest BCUT2D eigenvalue weighted by molar-refractivity contribution is 5.95. The number of halogens is 3. The van der Waals surface area contributed by atoms with Crippen molar-refractivity contribution in [1.29, 1.82) is 0 Å². The molecule has 2 aromatic heterocycles. The highest BCUT2D eigenvalue weighted by atomic mass is 19.2. The lowest BCUT2D eigenvalue weighted by molar-refractivity contribution is 0.134. The van der Waals surface area contributed by atoms with Crippen LogP contribution in [0.4, 0.5) is 29.5 Å². The number of amides is 1. The average molecular weight is 587 g/mol. The maximum absolute atomic E-state index is 14.5. The molecular weight excluding hydrogens is 557 g/mol. The number of pyridine rings is 1. The van der Waals surface area contributed by atoms with Crippen LogP contribution in [0.25, 0.3) is 33.5 Å². The number of aromatic amines is 1. The Morgan fingerprint density at radius 3 is 2.56 bits per heavy atom. The Balaban J connectivity index is 1.31. The maximum atomic E-state index is 14.5. The van der Waals surface area contributed by atoms with Gasteiger partial charge in [0.25, 0.3) is 0 Å². The number of imidazole rings is 1. The molecule has 0 saturated carbocycles. The van der Waals surface area contributed by atoms with E-state index in [4.69, 9.17) is 10.5 Å². The SMILES string of the molecule is Cc1cc(F)cc(-c2cnc(N)c(-c3nc4cc(F)c(F)cc4[nH]3)c2N2CCC(NC(=O)OCc3ccccc3)CC2)c1. The number of carbonyl (C=O) groups excluding carboxylic acids is 1. The Morgan fingerprint density at radius 1 is 1.07 bits per heavy atom. The van der Waals surface area contributed by atoms with E-state index >= 15 is 0 Å². The number of piperidine rings is 1. The summed E-state index contributed by atoms with van der Waals surface area (Å²) >= 11 is 0. The van der Waals surface area contributed by atoms with Crippen LogP contribution in [0.3, 0.4) is 0 Å². The van der Waals surface area contributed by atoms with E-state index in [-0.39, 0.29) is 29.8 Å². The lowest BCUT2D eigenvalue weighted by atomic mass is 9.96. The highest BCUT2D eigenvalue weighted by Crippen LogP contribution is 2.43. The summed E-state index contributed by atoms with van der Waals surface area (Å²) in [6, 6.07) is 16.1. The van der Waals surface area contributed by atoms with Crippen molar-refractivity contribution in [1.82, 2.24) is 20.3 Å². The van der Waals surface area contributed by atoms with Crippen LogP contribution in [0.5, 0.6) is 0 Å². The molecule has 0 radical (unpaired) electrons. The molecule has 1 aliphatic heterocycles. The Kier molecular flexibility index (Phi) is 7.62. The zero-order chi connectivity index (χ0) is 30.1. The molecule has 3 heterocycles. The van der Waals surface area contributed by atoms with Gasteiger partial charge in [-0.1, -0.05) is 36.4 Å². The maximum Gasteiger partial charge on any atom is 0.407 e. The van der Waals surface area contributed by atoms with Gasteiger partial charge >= 0.3 is 6.09 Å². The third-order valence-corrected chi connectivity index (χ3v) is 7.54. The van der Waals surface area contributed by atoms with E-state index in [1.165, 1.54) is 12.1 Å². The zero-order valence-electron chi connectivity index (χ0n) is 23.3. The predicted octanol–water partition coefficient (Wildman–Crippen LogP) is 6.50. The van der Waals surface area contributed by atoms with Crippen LogP contribution in [0, 0.1) is 24.4 Å². The quantitative estimate of drug-likeness (QED) is 0.210. The van der Waals surface area contributed by atoms with Crippen molar-refractivity contribution in [2.24, 2.45) is 0 Å². The number of aromatic nitrogens is 3. The summed E-state index contributed by atoms with van der Waals surface area (Å²) in [7, 11) is 0. The molecule has 0 unspecified atom stereocenters. The molecule has 1 saturated heterocycles. The summed E-state index contributed by atoms with van der Waals surface area (Å²) in [6.45, 7) is 3.01. The topological polar surface area (TPSA) is 109 Å². The minimum absolute atomic E-state index is 0.126. The first-order chi connectivity index (χ1) is 20.7. The summed E-state index contributed by atoms with van der Waals surface area (Å²) in [5, 5.41) is 2.94. The fraction of sp³-hybridized carbons (Fsp3) is 0.219. The van der Waals surface area contributed by atoms with Crippen molar-refractivity contribution in [3.8, 4) is 22.5 Å². The Hall–Kier alpha value is -5.06. The first-order valence-corrected chi connectivity index (χ1v) is 13.9. The van der Waals surface area contributed by atoms with E-state index < -0.39 is 23.5 Å². The molecule has 3 aromatic carbocycles. The molecule has 1 fully saturated rings. The van der Waals surface area contributed by atoms with Gasteiger partial charge in [0.2, 0.25) is 0 Å².